The van der Waals surface area contributed by atoms with Crippen molar-refractivity contribution < 1.29 is 28.3 Å². The van der Waals surface area contributed by atoms with Crippen LogP contribution in [-0.4, -0.2) is 36.3 Å². The first-order chi connectivity index (χ1) is 18.5. The molecule has 0 radical (unpaired) electrons. The summed E-state index contributed by atoms with van der Waals surface area (Å²) in [7, 11) is 1.55. The van der Waals surface area contributed by atoms with Crippen LogP contribution in [0.25, 0.3) is 22.3 Å². The molecule has 1 aromatic heterocycles. The minimum atomic E-state index is -0.567. The fourth-order valence-corrected chi connectivity index (χ4v) is 4.47. The number of unbranched alkanes of at least 4 members (excludes halogenated alkanes) is 2. The second kappa shape index (κ2) is 10.7. The largest absolute Gasteiger partial charge is 0.497 e. The molecule has 8 heteroatoms. The summed E-state index contributed by atoms with van der Waals surface area (Å²) in [5, 5.41) is 0.313. The number of carbonyl (C=O) groups is 3. The number of carbonyl (C=O) groups excluding carboxylic acids is 3. The highest BCUT2D eigenvalue weighted by Crippen LogP contribution is 2.32. The standard InChI is InChI=1S/C30H25NO7/c1-36-20-16-14-19(15-17-20)27-28(26(33)23-11-6-7-12-24(23)37-27)38-25(32)13-3-2-8-18-31-29(34)21-9-4-5-10-22(21)30(31)35/h4-7,9-12,14-17H,2-3,8,13,18H2,1H3. The average molecular weight is 512 g/mol. The van der Waals surface area contributed by atoms with Crippen LogP contribution in [0.2, 0.25) is 0 Å². The smallest absolute Gasteiger partial charge is 0.311 e. The van der Waals surface area contributed by atoms with Crippen molar-refractivity contribution in [2.24, 2.45) is 0 Å². The van der Waals surface area contributed by atoms with Crippen LogP contribution >= 0.6 is 0 Å². The molecule has 0 aliphatic carbocycles. The minimum Gasteiger partial charge on any atom is -0.497 e. The number of fused-ring (bicyclic) bond motifs is 2. The van der Waals surface area contributed by atoms with Crippen molar-refractivity contribution in [1.29, 1.82) is 0 Å². The molecule has 0 atom stereocenters. The number of amides is 2. The van der Waals surface area contributed by atoms with Gasteiger partial charge in [-0.25, -0.2) is 0 Å². The van der Waals surface area contributed by atoms with Gasteiger partial charge in [-0.3, -0.25) is 24.1 Å². The molecule has 0 unspecified atom stereocenters. The van der Waals surface area contributed by atoms with Gasteiger partial charge in [-0.2, -0.15) is 0 Å². The molecule has 2 amide bonds. The van der Waals surface area contributed by atoms with E-state index < -0.39 is 11.4 Å². The first-order valence-corrected chi connectivity index (χ1v) is 12.3. The summed E-state index contributed by atoms with van der Waals surface area (Å²) in [6.07, 6.45) is 1.68. The predicted molar refractivity (Wildman–Crippen MR) is 140 cm³/mol. The Labute approximate surface area is 218 Å². The second-order valence-electron chi connectivity index (χ2n) is 8.91. The van der Waals surface area contributed by atoms with Crippen molar-refractivity contribution in [2.45, 2.75) is 25.7 Å². The number of benzene rings is 3. The summed E-state index contributed by atoms with van der Waals surface area (Å²) in [5.74, 6) is -0.516. The van der Waals surface area contributed by atoms with E-state index in [-0.39, 0.29) is 36.3 Å². The van der Waals surface area contributed by atoms with Gasteiger partial charge in [-0.15, -0.1) is 0 Å². The van der Waals surface area contributed by atoms with E-state index in [0.29, 0.717) is 52.7 Å². The van der Waals surface area contributed by atoms with Crippen LogP contribution in [0.15, 0.2) is 82.0 Å². The molecule has 5 rings (SSSR count). The van der Waals surface area contributed by atoms with E-state index >= 15 is 0 Å². The lowest BCUT2D eigenvalue weighted by atomic mass is 10.1. The SMILES string of the molecule is COc1ccc(-c2oc3ccccc3c(=O)c2OC(=O)CCCCCN2C(=O)c3ccccc3C2=O)cc1. The van der Waals surface area contributed by atoms with Crippen molar-refractivity contribution >= 4 is 28.8 Å². The number of hydrogen-bond donors (Lipinski definition) is 0. The lowest BCUT2D eigenvalue weighted by Gasteiger charge is -2.13. The second-order valence-corrected chi connectivity index (χ2v) is 8.91. The Balaban J connectivity index is 1.23. The number of ether oxygens (including phenoxy) is 2. The Morgan fingerprint density at radius 3 is 2.16 bits per heavy atom. The topological polar surface area (TPSA) is 103 Å². The first-order valence-electron chi connectivity index (χ1n) is 12.3. The Hall–Kier alpha value is -4.72. The Morgan fingerprint density at radius 2 is 1.47 bits per heavy atom. The third-order valence-corrected chi connectivity index (χ3v) is 6.47. The number of esters is 1. The summed E-state index contributed by atoms with van der Waals surface area (Å²) < 4.78 is 16.8. The highest BCUT2D eigenvalue weighted by atomic mass is 16.5. The normalized spacial score (nSPS) is 12.6. The number of para-hydroxylation sites is 1. The van der Waals surface area contributed by atoms with Gasteiger partial charge in [-0.1, -0.05) is 30.7 Å². The van der Waals surface area contributed by atoms with Gasteiger partial charge in [0.2, 0.25) is 11.2 Å². The highest BCUT2D eigenvalue weighted by molar-refractivity contribution is 6.21. The van der Waals surface area contributed by atoms with Gasteiger partial charge in [0.15, 0.2) is 5.76 Å². The average Bonchev–Trinajstić information content (AvgIpc) is 3.19. The molecule has 1 aliphatic heterocycles. The van der Waals surface area contributed by atoms with E-state index in [4.69, 9.17) is 13.9 Å². The number of rotatable bonds is 9. The summed E-state index contributed by atoms with van der Waals surface area (Å²) in [6.45, 7) is 0.275. The van der Waals surface area contributed by atoms with E-state index in [2.05, 4.69) is 0 Å². The summed E-state index contributed by atoms with van der Waals surface area (Å²) in [5.41, 5.74) is 1.36. The highest BCUT2D eigenvalue weighted by Gasteiger charge is 2.34. The monoisotopic (exact) mass is 511 g/mol. The van der Waals surface area contributed by atoms with Crippen molar-refractivity contribution in [3.63, 3.8) is 0 Å². The summed E-state index contributed by atoms with van der Waals surface area (Å²) in [4.78, 5) is 52.1. The molecule has 0 spiro atoms. The van der Waals surface area contributed by atoms with Crippen LogP contribution < -0.4 is 14.9 Å². The van der Waals surface area contributed by atoms with Crippen molar-refractivity contribution in [1.82, 2.24) is 4.90 Å². The maximum absolute atomic E-state index is 13.2. The fourth-order valence-electron chi connectivity index (χ4n) is 4.47. The first kappa shape index (κ1) is 25.0. The molecule has 0 N–H and O–H groups in total. The van der Waals surface area contributed by atoms with Crippen molar-refractivity contribution in [3.05, 3.63) is 94.1 Å². The molecule has 0 fully saturated rings. The number of imide groups is 1. The maximum atomic E-state index is 13.2. The maximum Gasteiger partial charge on any atom is 0.311 e. The molecule has 0 saturated heterocycles. The van der Waals surface area contributed by atoms with Crippen LogP contribution in [0.1, 0.15) is 46.4 Å². The fraction of sp³-hybridized carbons (Fsp3) is 0.200. The van der Waals surface area contributed by atoms with Crippen molar-refractivity contribution in [2.75, 3.05) is 13.7 Å². The molecule has 1 aliphatic rings. The van der Waals surface area contributed by atoms with Gasteiger partial charge in [0.1, 0.15) is 11.3 Å². The molecule has 0 bridgehead atoms. The predicted octanol–water partition coefficient (Wildman–Crippen LogP) is 5.23. The van der Waals surface area contributed by atoms with E-state index in [1.807, 2.05) is 0 Å². The third kappa shape index (κ3) is 4.80. The van der Waals surface area contributed by atoms with Crippen molar-refractivity contribution in [3.8, 4) is 22.8 Å². The van der Waals surface area contributed by atoms with Crippen LogP contribution in [0, 0.1) is 0 Å². The third-order valence-electron chi connectivity index (χ3n) is 6.47. The molecule has 8 nitrogen and oxygen atoms in total. The molecule has 3 aromatic carbocycles. The van der Waals surface area contributed by atoms with Crippen LogP contribution in [0.4, 0.5) is 0 Å². The summed E-state index contributed by atoms with van der Waals surface area (Å²) >= 11 is 0. The lowest BCUT2D eigenvalue weighted by molar-refractivity contribution is -0.134. The van der Waals surface area contributed by atoms with Gasteiger partial charge < -0.3 is 13.9 Å². The number of methoxy groups -OCH3 is 1. The van der Waals surface area contributed by atoms with E-state index in [9.17, 15) is 19.2 Å². The molecule has 38 heavy (non-hydrogen) atoms. The Morgan fingerprint density at radius 1 is 0.816 bits per heavy atom. The molecule has 192 valence electrons. The van der Waals surface area contributed by atoms with Crippen LogP contribution in [0.3, 0.4) is 0 Å². The molecular formula is C30H25NO7. The van der Waals surface area contributed by atoms with E-state index in [1.165, 1.54) is 4.90 Å². The number of nitrogens with zero attached hydrogens (tertiary/aromatic N) is 1. The van der Waals surface area contributed by atoms with Gasteiger partial charge in [0.25, 0.3) is 11.8 Å². The molecular weight excluding hydrogens is 486 g/mol. The van der Waals surface area contributed by atoms with Gasteiger partial charge in [0.05, 0.1) is 23.6 Å². The van der Waals surface area contributed by atoms with Crippen LogP contribution in [0.5, 0.6) is 11.5 Å². The van der Waals surface area contributed by atoms with Crippen LogP contribution in [-0.2, 0) is 4.79 Å². The van der Waals surface area contributed by atoms with Gasteiger partial charge in [0, 0.05) is 18.5 Å². The molecule has 0 saturated carbocycles. The molecule has 4 aromatic rings. The van der Waals surface area contributed by atoms with Gasteiger partial charge >= 0.3 is 5.97 Å². The van der Waals surface area contributed by atoms with Gasteiger partial charge in [-0.05, 0) is 61.4 Å². The zero-order valence-electron chi connectivity index (χ0n) is 20.8. The lowest BCUT2D eigenvalue weighted by Crippen LogP contribution is -2.30. The quantitative estimate of drug-likeness (QED) is 0.172. The minimum absolute atomic E-state index is 0.0659. The van der Waals surface area contributed by atoms with E-state index in [1.54, 1.807) is 79.9 Å². The molecule has 2 heterocycles. The van der Waals surface area contributed by atoms with E-state index in [0.717, 1.165) is 0 Å². The zero-order valence-corrected chi connectivity index (χ0v) is 20.8. The Kier molecular flexibility index (Phi) is 7.04. The Bertz CT molecular complexity index is 1550. The summed E-state index contributed by atoms with van der Waals surface area (Å²) in [6, 6.07) is 20.4. The number of hydrogen-bond acceptors (Lipinski definition) is 7. The zero-order chi connectivity index (χ0) is 26.6.